The van der Waals surface area contributed by atoms with Gasteiger partial charge in [0.05, 0.1) is 36.6 Å². The van der Waals surface area contributed by atoms with Crippen LogP contribution < -0.4 is 15.2 Å². The number of hydrogen-bond acceptors (Lipinski definition) is 6. The van der Waals surface area contributed by atoms with E-state index in [0.717, 1.165) is 12.3 Å². The molecule has 8 nitrogen and oxygen atoms in total. The molecule has 0 amide bonds. The van der Waals surface area contributed by atoms with Crippen molar-refractivity contribution in [1.82, 2.24) is 14.5 Å². The number of pyridine rings is 1. The highest BCUT2D eigenvalue weighted by Crippen LogP contribution is 2.38. The molecule has 0 aliphatic rings. The van der Waals surface area contributed by atoms with Gasteiger partial charge in [-0.05, 0) is 42.3 Å². The second-order valence-corrected chi connectivity index (χ2v) is 10.6. The third-order valence-electron chi connectivity index (χ3n) is 5.74. The van der Waals surface area contributed by atoms with E-state index in [9.17, 15) is 26.4 Å². The van der Waals surface area contributed by atoms with Gasteiger partial charge in [0.25, 0.3) is 0 Å². The fraction of sp³-hybridized carbons (Fsp3) is 0.280. The quantitative estimate of drug-likeness (QED) is 0.358. The van der Waals surface area contributed by atoms with Gasteiger partial charge >= 0.3 is 11.9 Å². The lowest BCUT2D eigenvalue weighted by molar-refractivity contribution is -0.137. The van der Waals surface area contributed by atoms with E-state index in [-0.39, 0.29) is 22.3 Å². The molecule has 2 aromatic heterocycles. The van der Waals surface area contributed by atoms with Crippen LogP contribution in [0.5, 0.6) is 11.5 Å². The van der Waals surface area contributed by atoms with Gasteiger partial charge in [0.2, 0.25) is 0 Å². The molecular formula is C25H24F3N3O5S. The van der Waals surface area contributed by atoms with Crippen LogP contribution >= 0.6 is 0 Å². The minimum atomic E-state index is -4.59. The summed E-state index contributed by atoms with van der Waals surface area (Å²) in [6.45, 7) is 2.11. The summed E-state index contributed by atoms with van der Waals surface area (Å²) in [6.07, 6.45) is -2.31. The fourth-order valence-electron chi connectivity index (χ4n) is 4.21. The Balaban J connectivity index is 1.89. The van der Waals surface area contributed by atoms with E-state index in [1.165, 1.54) is 42.1 Å². The second kappa shape index (κ2) is 9.92. The Kier molecular flexibility index (Phi) is 7.05. The molecule has 4 rings (SSSR count). The molecule has 12 heteroatoms. The van der Waals surface area contributed by atoms with Gasteiger partial charge in [-0.3, -0.25) is 4.57 Å². The van der Waals surface area contributed by atoms with Crippen molar-refractivity contribution >= 4 is 21.0 Å². The number of rotatable bonds is 8. The largest absolute Gasteiger partial charge is 0.493 e. The van der Waals surface area contributed by atoms with Crippen molar-refractivity contribution in [3.63, 3.8) is 0 Å². The van der Waals surface area contributed by atoms with E-state index in [1.54, 1.807) is 25.1 Å². The highest BCUT2D eigenvalue weighted by atomic mass is 32.2. The molecule has 0 aliphatic heterocycles. The monoisotopic (exact) mass is 535 g/mol. The summed E-state index contributed by atoms with van der Waals surface area (Å²) in [7, 11) is -2.13. The molecular weight excluding hydrogens is 511 g/mol. The van der Waals surface area contributed by atoms with Crippen LogP contribution in [0.2, 0.25) is 0 Å². The Morgan fingerprint density at radius 3 is 2.49 bits per heavy atom. The zero-order valence-electron chi connectivity index (χ0n) is 20.2. The van der Waals surface area contributed by atoms with Gasteiger partial charge in [-0.2, -0.15) is 13.2 Å². The topological polar surface area (TPSA) is 103 Å². The van der Waals surface area contributed by atoms with Gasteiger partial charge in [-0.1, -0.05) is 24.3 Å². The molecule has 1 atom stereocenters. The molecule has 4 aromatic rings. The van der Waals surface area contributed by atoms with Crippen LogP contribution in [0.15, 0.2) is 59.5 Å². The van der Waals surface area contributed by atoms with Crippen LogP contribution in [-0.2, 0) is 16.0 Å². The van der Waals surface area contributed by atoms with Gasteiger partial charge in [0.1, 0.15) is 9.84 Å². The van der Waals surface area contributed by atoms with Crippen LogP contribution in [0.4, 0.5) is 13.2 Å². The summed E-state index contributed by atoms with van der Waals surface area (Å²) < 4.78 is 77.5. The van der Waals surface area contributed by atoms with Crippen molar-refractivity contribution in [2.45, 2.75) is 19.1 Å². The molecule has 0 spiro atoms. The summed E-state index contributed by atoms with van der Waals surface area (Å²) in [5, 5.41) is 0. The van der Waals surface area contributed by atoms with Crippen molar-refractivity contribution in [1.29, 1.82) is 0 Å². The molecule has 0 radical (unpaired) electrons. The number of imidazole rings is 1. The lowest BCUT2D eigenvalue weighted by Gasteiger charge is -2.20. The molecule has 0 saturated carbocycles. The van der Waals surface area contributed by atoms with Crippen LogP contribution in [-0.4, -0.2) is 48.7 Å². The maximum atomic E-state index is 13.6. The van der Waals surface area contributed by atoms with Crippen molar-refractivity contribution < 1.29 is 31.1 Å². The Labute approximate surface area is 210 Å². The number of H-pyrrole nitrogens is 1. The first kappa shape index (κ1) is 26.3. The summed E-state index contributed by atoms with van der Waals surface area (Å²) in [5.74, 6) is 0.368. The van der Waals surface area contributed by atoms with Gasteiger partial charge in [-0.25, -0.2) is 18.2 Å². The van der Waals surface area contributed by atoms with Crippen LogP contribution in [0.1, 0.15) is 24.1 Å². The minimum Gasteiger partial charge on any atom is -0.493 e. The van der Waals surface area contributed by atoms with Crippen LogP contribution in [0, 0.1) is 0 Å². The average molecular weight is 536 g/mol. The lowest BCUT2D eigenvalue weighted by Crippen LogP contribution is -2.28. The number of aromatic amines is 1. The van der Waals surface area contributed by atoms with E-state index >= 15 is 0 Å². The zero-order chi connectivity index (χ0) is 27.0. The number of benzene rings is 2. The molecule has 2 aromatic carbocycles. The summed E-state index contributed by atoms with van der Waals surface area (Å²) in [5.41, 5.74) is -0.734. The van der Waals surface area contributed by atoms with E-state index in [4.69, 9.17) is 9.47 Å². The van der Waals surface area contributed by atoms with Crippen molar-refractivity contribution in [3.05, 3.63) is 76.3 Å². The Morgan fingerprint density at radius 1 is 1.11 bits per heavy atom. The molecule has 0 saturated heterocycles. The van der Waals surface area contributed by atoms with Crippen LogP contribution in [0.25, 0.3) is 22.3 Å². The van der Waals surface area contributed by atoms with Gasteiger partial charge in [0, 0.05) is 18.0 Å². The number of hydrogen-bond donors (Lipinski definition) is 1. The number of nitrogens with one attached hydrogen (secondary N) is 1. The van der Waals surface area contributed by atoms with Crippen molar-refractivity contribution in [2.24, 2.45) is 0 Å². The minimum absolute atomic E-state index is 0.0952. The molecule has 0 bridgehead atoms. The van der Waals surface area contributed by atoms with Gasteiger partial charge < -0.3 is 14.5 Å². The number of aromatic nitrogens is 3. The number of halogens is 3. The van der Waals surface area contributed by atoms with Crippen molar-refractivity contribution in [3.8, 4) is 22.6 Å². The predicted octanol–water partition coefficient (Wildman–Crippen LogP) is 4.45. The average Bonchev–Trinajstić information content (AvgIpc) is 3.16. The maximum Gasteiger partial charge on any atom is 0.417 e. The van der Waals surface area contributed by atoms with Gasteiger partial charge in [0.15, 0.2) is 17.1 Å². The van der Waals surface area contributed by atoms with E-state index < -0.39 is 39.1 Å². The van der Waals surface area contributed by atoms with E-state index in [0.29, 0.717) is 23.7 Å². The number of nitrogens with zero attached hydrogens (tertiary/aromatic N) is 2. The number of sulfone groups is 1. The normalized spacial score (nSPS) is 13.0. The SMILES string of the molecule is CCOc1cc([C@H](CS(C)(=O)=O)n2c(=O)[nH]c3cc(-c4ccccc4C(F)(F)F)cnc32)ccc1OC. The van der Waals surface area contributed by atoms with Crippen molar-refractivity contribution in [2.75, 3.05) is 25.7 Å². The number of methoxy groups -OCH3 is 1. The molecule has 37 heavy (non-hydrogen) atoms. The highest BCUT2D eigenvalue weighted by Gasteiger charge is 2.33. The smallest absolute Gasteiger partial charge is 0.417 e. The van der Waals surface area contributed by atoms with E-state index in [1.807, 2.05) is 0 Å². The standard InChI is InChI=1S/C25H24F3N3O5S/c1-4-36-22-12-15(9-10-21(22)35-2)20(14-37(3,33)34)31-23-19(30-24(31)32)11-16(13-29-23)17-7-5-6-8-18(17)25(26,27)28/h5-13,20H,4,14H2,1-3H3,(H,30,32)/t20-/m0/s1. The lowest BCUT2D eigenvalue weighted by atomic mass is 10.0. The zero-order valence-corrected chi connectivity index (χ0v) is 21.0. The molecule has 0 unspecified atom stereocenters. The Morgan fingerprint density at radius 2 is 1.84 bits per heavy atom. The summed E-state index contributed by atoms with van der Waals surface area (Å²) >= 11 is 0. The Bertz CT molecular complexity index is 1610. The first-order chi connectivity index (χ1) is 17.4. The third-order valence-corrected chi connectivity index (χ3v) is 6.66. The maximum absolute atomic E-state index is 13.6. The number of ether oxygens (including phenoxy) is 2. The molecule has 2 heterocycles. The van der Waals surface area contributed by atoms with Gasteiger partial charge in [-0.15, -0.1) is 0 Å². The molecule has 0 fully saturated rings. The molecule has 196 valence electrons. The molecule has 0 aliphatic carbocycles. The van der Waals surface area contributed by atoms with Crippen LogP contribution in [0.3, 0.4) is 0 Å². The Hall–Kier alpha value is -3.80. The number of fused-ring (bicyclic) bond motifs is 1. The van der Waals surface area contributed by atoms with E-state index in [2.05, 4.69) is 9.97 Å². The summed E-state index contributed by atoms with van der Waals surface area (Å²) in [4.78, 5) is 20.0. The highest BCUT2D eigenvalue weighted by molar-refractivity contribution is 7.90. The third kappa shape index (κ3) is 5.48. The first-order valence-electron chi connectivity index (χ1n) is 11.2. The second-order valence-electron chi connectivity index (χ2n) is 8.39. The molecule has 1 N–H and O–H groups in total. The fourth-order valence-corrected chi connectivity index (χ4v) is 5.12. The number of alkyl halides is 3. The first-order valence-corrected chi connectivity index (χ1v) is 13.2. The predicted molar refractivity (Wildman–Crippen MR) is 133 cm³/mol. The summed E-state index contributed by atoms with van der Waals surface area (Å²) in [6, 6.07) is 10.3.